The van der Waals surface area contributed by atoms with Crippen molar-refractivity contribution >= 4 is 5.91 Å². The largest absolute Gasteiger partial charge is 0.492 e. The van der Waals surface area contributed by atoms with Gasteiger partial charge in [0.15, 0.2) is 0 Å². The van der Waals surface area contributed by atoms with Gasteiger partial charge < -0.3 is 10.1 Å². The van der Waals surface area contributed by atoms with Gasteiger partial charge in [-0.05, 0) is 18.6 Å². The monoisotopic (exact) mass is 319 g/mol. The molecule has 1 aromatic carbocycles. The van der Waals surface area contributed by atoms with E-state index in [0.29, 0.717) is 13.2 Å². The average molecular weight is 319 g/mol. The third kappa shape index (κ3) is 7.01. The van der Waals surface area contributed by atoms with Crippen LogP contribution in [0.1, 0.15) is 19.8 Å². The van der Waals surface area contributed by atoms with Gasteiger partial charge in [-0.3, -0.25) is 14.6 Å². The Morgan fingerprint density at radius 3 is 2.52 bits per heavy atom. The first-order valence-corrected chi connectivity index (χ1v) is 8.67. The average Bonchev–Trinajstić information content (AvgIpc) is 2.58. The zero-order chi connectivity index (χ0) is 16.3. The van der Waals surface area contributed by atoms with Crippen LogP contribution < -0.4 is 10.1 Å². The van der Waals surface area contributed by atoms with Gasteiger partial charge in [0.25, 0.3) is 0 Å². The lowest BCUT2D eigenvalue weighted by molar-refractivity contribution is -0.122. The van der Waals surface area contributed by atoms with Crippen LogP contribution in [-0.2, 0) is 4.79 Å². The van der Waals surface area contributed by atoms with E-state index in [9.17, 15) is 4.79 Å². The number of carbonyl (C=O) groups excluding carboxylic acids is 1. The number of amides is 1. The van der Waals surface area contributed by atoms with Crippen molar-refractivity contribution in [2.24, 2.45) is 0 Å². The Balaban J connectivity index is 1.56. The van der Waals surface area contributed by atoms with Gasteiger partial charge in [0.1, 0.15) is 12.4 Å². The van der Waals surface area contributed by atoms with Crippen LogP contribution >= 0.6 is 0 Å². The Hall–Kier alpha value is -1.59. The molecule has 1 fully saturated rings. The van der Waals surface area contributed by atoms with E-state index in [0.717, 1.165) is 57.9 Å². The Morgan fingerprint density at radius 1 is 1.13 bits per heavy atom. The molecular formula is C18H29N3O2. The molecule has 5 heteroatoms. The van der Waals surface area contributed by atoms with E-state index >= 15 is 0 Å². The standard InChI is InChI=1S/C18H29N3O2/c1-2-3-9-19-18(22)16-21-12-10-20(11-13-21)14-15-23-17-7-5-4-6-8-17/h4-8H,2-3,9-16H2,1H3,(H,19,22). The normalized spacial score (nSPS) is 16.2. The Morgan fingerprint density at radius 2 is 1.83 bits per heavy atom. The molecule has 1 N–H and O–H groups in total. The minimum Gasteiger partial charge on any atom is -0.492 e. The summed E-state index contributed by atoms with van der Waals surface area (Å²) in [6.07, 6.45) is 2.17. The van der Waals surface area contributed by atoms with E-state index in [2.05, 4.69) is 22.0 Å². The van der Waals surface area contributed by atoms with Crippen molar-refractivity contribution in [2.75, 3.05) is 52.4 Å². The molecule has 1 saturated heterocycles. The van der Waals surface area contributed by atoms with Crippen molar-refractivity contribution < 1.29 is 9.53 Å². The minimum atomic E-state index is 0.152. The summed E-state index contributed by atoms with van der Waals surface area (Å²) in [6, 6.07) is 9.92. The van der Waals surface area contributed by atoms with Crippen LogP contribution in [0.15, 0.2) is 30.3 Å². The molecule has 0 spiro atoms. The van der Waals surface area contributed by atoms with Crippen molar-refractivity contribution in [3.8, 4) is 5.75 Å². The molecule has 0 bridgehead atoms. The van der Waals surface area contributed by atoms with Gasteiger partial charge in [-0.2, -0.15) is 0 Å². The summed E-state index contributed by atoms with van der Waals surface area (Å²) < 4.78 is 5.74. The molecule has 0 unspecified atom stereocenters. The Kier molecular flexibility index (Phi) is 7.90. The lowest BCUT2D eigenvalue weighted by atomic mass is 10.3. The molecule has 1 aromatic rings. The van der Waals surface area contributed by atoms with Gasteiger partial charge in [0.05, 0.1) is 6.54 Å². The summed E-state index contributed by atoms with van der Waals surface area (Å²) in [5, 5.41) is 2.98. The molecule has 0 radical (unpaired) electrons. The van der Waals surface area contributed by atoms with E-state index in [4.69, 9.17) is 4.74 Å². The number of rotatable bonds is 9. The maximum Gasteiger partial charge on any atom is 0.234 e. The number of hydrogen-bond acceptors (Lipinski definition) is 4. The van der Waals surface area contributed by atoms with Gasteiger partial charge in [-0.1, -0.05) is 31.5 Å². The molecule has 2 rings (SSSR count). The molecule has 1 heterocycles. The van der Waals surface area contributed by atoms with Crippen molar-refractivity contribution in [1.82, 2.24) is 15.1 Å². The SMILES string of the molecule is CCCCNC(=O)CN1CCN(CCOc2ccccc2)CC1. The number of ether oxygens (including phenoxy) is 1. The molecule has 0 atom stereocenters. The highest BCUT2D eigenvalue weighted by molar-refractivity contribution is 5.77. The predicted molar refractivity (Wildman–Crippen MR) is 92.7 cm³/mol. The fourth-order valence-corrected chi connectivity index (χ4v) is 2.64. The molecule has 128 valence electrons. The third-order valence-electron chi connectivity index (χ3n) is 4.10. The number of piperazine rings is 1. The van der Waals surface area contributed by atoms with E-state index in [-0.39, 0.29) is 5.91 Å². The van der Waals surface area contributed by atoms with Crippen LogP contribution in [0.3, 0.4) is 0 Å². The van der Waals surface area contributed by atoms with Crippen LogP contribution in [0.25, 0.3) is 0 Å². The molecule has 23 heavy (non-hydrogen) atoms. The zero-order valence-corrected chi connectivity index (χ0v) is 14.2. The van der Waals surface area contributed by atoms with Crippen LogP contribution in [0.5, 0.6) is 5.75 Å². The number of nitrogens with one attached hydrogen (secondary N) is 1. The topological polar surface area (TPSA) is 44.8 Å². The highest BCUT2D eigenvalue weighted by atomic mass is 16.5. The predicted octanol–water partition coefficient (Wildman–Crippen LogP) is 1.60. The maximum atomic E-state index is 11.8. The Labute approximate surface area is 139 Å². The lowest BCUT2D eigenvalue weighted by Gasteiger charge is -2.34. The number of benzene rings is 1. The fraction of sp³-hybridized carbons (Fsp3) is 0.611. The fourth-order valence-electron chi connectivity index (χ4n) is 2.64. The van der Waals surface area contributed by atoms with Gasteiger partial charge in [-0.15, -0.1) is 0 Å². The van der Waals surface area contributed by atoms with Gasteiger partial charge in [0.2, 0.25) is 5.91 Å². The maximum absolute atomic E-state index is 11.8. The first-order chi connectivity index (χ1) is 11.3. The van der Waals surface area contributed by atoms with E-state index < -0.39 is 0 Å². The zero-order valence-electron chi connectivity index (χ0n) is 14.2. The molecule has 0 saturated carbocycles. The smallest absolute Gasteiger partial charge is 0.234 e. The van der Waals surface area contributed by atoms with Crippen LogP contribution in [0.4, 0.5) is 0 Å². The van der Waals surface area contributed by atoms with Gasteiger partial charge in [0, 0.05) is 39.3 Å². The van der Waals surface area contributed by atoms with E-state index in [1.165, 1.54) is 0 Å². The second-order valence-corrected chi connectivity index (χ2v) is 5.98. The first kappa shape index (κ1) is 17.8. The summed E-state index contributed by atoms with van der Waals surface area (Å²) in [4.78, 5) is 16.4. The van der Waals surface area contributed by atoms with Crippen molar-refractivity contribution in [2.45, 2.75) is 19.8 Å². The van der Waals surface area contributed by atoms with Crippen LogP contribution in [0.2, 0.25) is 0 Å². The molecule has 5 nitrogen and oxygen atoms in total. The number of carbonyl (C=O) groups is 1. The number of nitrogens with zero attached hydrogens (tertiary/aromatic N) is 2. The van der Waals surface area contributed by atoms with Crippen molar-refractivity contribution in [1.29, 1.82) is 0 Å². The summed E-state index contributed by atoms with van der Waals surface area (Å²) >= 11 is 0. The number of unbranched alkanes of at least 4 members (excludes halogenated alkanes) is 1. The summed E-state index contributed by atoms with van der Waals surface area (Å²) in [5.74, 6) is 1.08. The van der Waals surface area contributed by atoms with Crippen molar-refractivity contribution in [3.63, 3.8) is 0 Å². The second kappa shape index (κ2) is 10.2. The van der Waals surface area contributed by atoms with Crippen LogP contribution in [-0.4, -0.2) is 68.1 Å². The number of para-hydroxylation sites is 1. The van der Waals surface area contributed by atoms with E-state index in [1.807, 2.05) is 30.3 Å². The van der Waals surface area contributed by atoms with Crippen LogP contribution in [0, 0.1) is 0 Å². The highest BCUT2D eigenvalue weighted by Gasteiger charge is 2.18. The lowest BCUT2D eigenvalue weighted by Crippen LogP contribution is -2.50. The molecule has 0 aromatic heterocycles. The quantitative estimate of drug-likeness (QED) is 0.702. The second-order valence-electron chi connectivity index (χ2n) is 5.98. The third-order valence-corrected chi connectivity index (χ3v) is 4.10. The van der Waals surface area contributed by atoms with Crippen molar-refractivity contribution in [3.05, 3.63) is 30.3 Å². The Bertz CT molecular complexity index is 445. The summed E-state index contributed by atoms with van der Waals surface area (Å²) in [5.41, 5.74) is 0. The summed E-state index contributed by atoms with van der Waals surface area (Å²) in [7, 11) is 0. The summed E-state index contributed by atoms with van der Waals surface area (Å²) in [6.45, 7) is 9.00. The number of hydrogen-bond donors (Lipinski definition) is 1. The molecule has 1 amide bonds. The van der Waals surface area contributed by atoms with E-state index in [1.54, 1.807) is 0 Å². The molecule has 0 aliphatic carbocycles. The molecular weight excluding hydrogens is 290 g/mol. The van der Waals surface area contributed by atoms with Gasteiger partial charge >= 0.3 is 0 Å². The molecule has 1 aliphatic rings. The highest BCUT2D eigenvalue weighted by Crippen LogP contribution is 2.08. The first-order valence-electron chi connectivity index (χ1n) is 8.67. The minimum absolute atomic E-state index is 0.152. The van der Waals surface area contributed by atoms with Gasteiger partial charge in [-0.25, -0.2) is 0 Å². The molecule has 1 aliphatic heterocycles.